The van der Waals surface area contributed by atoms with Crippen LogP contribution in [0.4, 0.5) is 0 Å². The first-order valence-electron chi connectivity index (χ1n) is 13.4. The molecule has 0 saturated heterocycles. The van der Waals surface area contributed by atoms with Crippen molar-refractivity contribution in [1.82, 2.24) is 14.9 Å². The van der Waals surface area contributed by atoms with Crippen molar-refractivity contribution in [2.75, 3.05) is 6.54 Å². The van der Waals surface area contributed by atoms with E-state index in [1.807, 2.05) is 18.2 Å². The fraction of sp³-hybridized carbons (Fsp3) is 0.375. The lowest BCUT2D eigenvalue weighted by atomic mass is 9.97. The second kappa shape index (κ2) is 12.5. The molecule has 1 N–H and O–H groups in total. The van der Waals surface area contributed by atoms with E-state index in [0.717, 1.165) is 62.1 Å². The van der Waals surface area contributed by atoms with Gasteiger partial charge in [0.15, 0.2) is 0 Å². The zero-order chi connectivity index (χ0) is 25.3. The predicted octanol–water partition coefficient (Wildman–Crippen LogP) is 6.98. The molecule has 0 saturated carbocycles. The average Bonchev–Trinajstić information content (AvgIpc) is 3.24. The Bertz CT molecular complexity index is 1270. The lowest BCUT2D eigenvalue weighted by molar-refractivity contribution is -0.120. The van der Waals surface area contributed by atoms with E-state index in [4.69, 9.17) is 4.98 Å². The predicted molar refractivity (Wildman–Crippen MR) is 149 cm³/mol. The molecule has 1 unspecified atom stereocenters. The summed E-state index contributed by atoms with van der Waals surface area (Å²) in [6.07, 6.45) is 5.66. The van der Waals surface area contributed by atoms with E-state index < -0.39 is 0 Å². The highest BCUT2D eigenvalue weighted by atomic mass is 16.1. The second-order valence-electron chi connectivity index (χ2n) is 9.92. The number of rotatable bonds is 12. The number of carbonyl (C=O) groups excluding carboxylic acids is 1. The fourth-order valence-electron chi connectivity index (χ4n) is 4.72. The molecule has 0 fully saturated rings. The van der Waals surface area contributed by atoms with Gasteiger partial charge in [-0.05, 0) is 66.5 Å². The number of imidazole rings is 1. The smallest absolute Gasteiger partial charge is 0.224 e. The van der Waals surface area contributed by atoms with Gasteiger partial charge in [-0.1, -0.05) is 80.9 Å². The highest BCUT2D eigenvalue weighted by Gasteiger charge is 2.12. The maximum Gasteiger partial charge on any atom is 0.224 e. The number of hydrogen-bond acceptors (Lipinski definition) is 2. The molecule has 1 amide bonds. The van der Waals surface area contributed by atoms with Gasteiger partial charge in [0.25, 0.3) is 0 Å². The highest BCUT2D eigenvalue weighted by Crippen LogP contribution is 2.22. The summed E-state index contributed by atoms with van der Waals surface area (Å²) in [6, 6.07) is 25.6. The molecule has 1 atom stereocenters. The SMILES string of the molecule is CCC(C)c1ccc(Cn2c(CCCCCNC(=O)Cc3ccccc3C)nc3ccccc32)cc1. The molecular formula is C32H39N3O. The number of nitrogens with one attached hydrogen (secondary N) is 1. The maximum atomic E-state index is 12.3. The monoisotopic (exact) mass is 481 g/mol. The maximum absolute atomic E-state index is 12.3. The molecule has 4 nitrogen and oxygen atoms in total. The molecule has 36 heavy (non-hydrogen) atoms. The topological polar surface area (TPSA) is 46.9 Å². The number of nitrogens with zero attached hydrogens (tertiary/aromatic N) is 2. The Labute approximate surface area is 215 Å². The quantitative estimate of drug-likeness (QED) is 0.222. The molecule has 0 bridgehead atoms. The van der Waals surface area contributed by atoms with Crippen molar-refractivity contribution < 1.29 is 4.79 Å². The Balaban J connectivity index is 1.30. The molecule has 0 radical (unpaired) electrons. The van der Waals surface area contributed by atoms with Crippen LogP contribution in [-0.4, -0.2) is 22.0 Å². The van der Waals surface area contributed by atoms with Gasteiger partial charge in [-0.15, -0.1) is 0 Å². The minimum Gasteiger partial charge on any atom is -0.356 e. The normalized spacial score (nSPS) is 12.1. The van der Waals surface area contributed by atoms with Crippen LogP contribution < -0.4 is 5.32 Å². The zero-order valence-corrected chi connectivity index (χ0v) is 22.0. The van der Waals surface area contributed by atoms with E-state index in [1.165, 1.54) is 22.2 Å². The van der Waals surface area contributed by atoms with Gasteiger partial charge in [-0.3, -0.25) is 4.79 Å². The van der Waals surface area contributed by atoms with Gasteiger partial charge in [-0.2, -0.15) is 0 Å². The molecule has 3 aromatic carbocycles. The van der Waals surface area contributed by atoms with Crippen molar-refractivity contribution in [2.24, 2.45) is 0 Å². The van der Waals surface area contributed by atoms with Crippen LogP contribution in [0, 0.1) is 6.92 Å². The number of benzene rings is 3. The number of fused-ring (bicyclic) bond motifs is 1. The van der Waals surface area contributed by atoms with Gasteiger partial charge in [0.2, 0.25) is 5.91 Å². The van der Waals surface area contributed by atoms with E-state index >= 15 is 0 Å². The van der Waals surface area contributed by atoms with Gasteiger partial charge >= 0.3 is 0 Å². The molecule has 0 spiro atoms. The minimum absolute atomic E-state index is 0.102. The number of amides is 1. The summed E-state index contributed by atoms with van der Waals surface area (Å²) in [4.78, 5) is 17.2. The first-order chi connectivity index (χ1) is 17.5. The Hall–Kier alpha value is -3.40. The first-order valence-corrected chi connectivity index (χ1v) is 13.4. The van der Waals surface area contributed by atoms with Crippen LogP contribution in [0.3, 0.4) is 0 Å². The third-order valence-corrected chi connectivity index (χ3v) is 7.25. The Morgan fingerprint density at radius 3 is 2.47 bits per heavy atom. The van der Waals surface area contributed by atoms with Gasteiger partial charge in [0.1, 0.15) is 5.82 Å². The van der Waals surface area contributed by atoms with Gasteiger partial charge in [-0.25, -0.2) is 4.98 Å². The Morgan fingerprint density at radius 1 is 0.944 bits per heavy atom. The summed E-state index contributed by atoms with van der Waals surface area (Å²) in [6.45, 7) is 8.14. The number of carbonyl (C=O) groups is 1. The summed E-state index contributed by atoms with van der Waals surface area (Å²) >= 11 is 0. The van der Waals surface area contributed by atoms with Crippen molar-refractivity contribution >= 4 is 16.9 Å². The van der Waals surface area contributed by atoms with E-state index in [1.54, 1.807) is 0 Å². The van der Waals surface area contributed by atoms with E-state index in [2.05, 4.69) is 85.3 Å². The lowest BCUT2D eigenvalue weighted by Gasteiger charge is -2.12. The van der Waals surface area contributed by atoms with Crippen LogP contribution in [0.2, 0.25) is 0 Å². The second-order valence-corrected chi connectivity index (χ2v) is 9.92. The molecule has 4 aromatic rings. The summed E-state index contributed by atoms with van der Waals surface area (Å²) in [5, 5.41) is 3.08. The lowest BCUT2D eigenvalue weighted by Crippen LogP contribution is -2.26. The molecule has 188 valence electrons. The van der Waals surface area contributed by atoms with Gasteiger partial charge in [0, 0.05) is 19.5 Å². The highest BCUT2D eigenvalue weighted by molar-refractivity contribution is 5.79. The average molecular weight is 482 g/mol. The fourth-order valence-corrected chi connectivity index (χ4v) is 4.72. The van der Waals surface area contributed by atoms with Crippen LogP contribution in [0.1, 0.15) is 73.5 Å². The summed E-state index contributed by atoms with van der Waals surface area (Å²) in [5.41, 5.74) is 7.24. The summed E-state index contributed by atoms with van der Waals surface area (Å²) in [5.74, 6) is 1.84. The molecule has 4 rings (SSSR count). The van der Waals surface area contributed by atoms with Crippen molar-refractivity contribution in [2.45, 2.75) is 71.8 Å². The van der Waals surface area contributed by atoms with Gasteiger partial charge < -0.3 is 9.88 Å². The Kier molecular flexibility index (Phi) is 8.94. The summed E-state index contributed by atoms with van der Waals surface area (Å²) < 4.78 is 2.37. The molecule has 0 aliphatic carbocycles. The summed E-state index contributed by atoms with van der Waals surface area (Å²) in [7, 11) is 0. The minimum atomic E-state index is 0.102. The standard InChI is InChI=1S/C32H39N3O/c1-4-24(2)27-19-17-26(18-20-27)23-35-30-15-10-9-14-29(30)34-31(35)16-6-5-11-21-33-32(36)22-28-13-8-7-12-25(28)3/h7-10,12-15,17-20,24H,4-6,11,16,21-23H2,1-3H3,(H,33,36). The Morgan fingerprint density at radius 2 is 1.69 bits per heavy atom. The van der Waals surface area contributed by atoms with Crippen molar-refractivity contribution in [3.05, 3.63) is 101 Å². The van der Waals surface area contributed by atoms with Crippen LogP contribution >= 0.6 is 0 Å². The van der Waals surface area contributed by atoms with Crippen LogP contribution in [-0.2, 0) is 24.2 Å². The van der Waals surface area contributed by atoms with Gasteiger partial charge in [0.05, 0.1) is 17.5 Å². The van der Waals surface area contributed by atoms with Crippen molar-refractivity contribution in [3.63, 3.8) is 0 Å². The van der Waals surface area contributed by atoms with E-state index in [9.17, 15) is 4.79 Å². The molecule has 0 aliphatic heterocycles. The number of para-hydroxylation sites is 2. The van der Waals surface area contributed by atoms with Crippen LogP contribution in [0.15, 0.2) is 72.8 Å². The van der Waals surface area contributed by atoms with Crippen molar-refractivity contribution in [3.8, 4) is 0 Å². The first kappa shape index (κ1) is 25.7. The van der Waals surface area contributed by atoms with Crippen LogP contribution in [0.25, 0.3) is 11.0 Å². The molecule has 1 heterocycles. The number of hydrogen-bond donors (Lipinski definition) is 1. The van der Waals surface area contributed by atoms with Crippen molar-refractivity contribution in [1.29, 1.82) is 0 Å². The molecule has 1 aromatic heterocycles. The zero-order valence-electron chi connectivity index (χ0n) is 22.0. The number of unbranched alkanes of at least 4 members (excludes halogenated alkanes) is 2. The third-order valence-electron chi connectivity index (χ3n) is 7.25. The molecular weight excluding hydrogens is 442 g/mol. The molecule has 0 aliphatic rings. The van der Waals surface area contributed by atoms with Crippen LogP contribution in [0.5, 0.6) is 0 Å². The third kappa shape index (κ3) is 6.63. The van der Waals surface area contributed by atoms with E-state index in [-0.39, 0.29) is 5.91 Å². The number of aryl methyl sites for hydroxylation is 2. The molecule has 4 heteroatoms. The largest absolute Gasteiger partial charge is 0.356 e. The number of aromatic nitrogens is 2. The van der Waals surface area contributed by atoms with E-state index in [0.29, 0.717) is 12.3 Å².